The van der Waals surface area contributed by atoms with Gasteiger partial charge in [-0.15, -0.1) is 0 Å². The van der Waals surface area contributed by atoms with Gasteiger partial charge in [0.15, 0.2) is 0 Å². The smallest absolute Gasteiger partial charge is 0.347 e. The van der Waals surface area contributed by atoms with E-state index in [1.807, 2.05) is 0 Å². The zero-order chi connectivity index (χ0) is 14.0. The number of anilines is 1. The number of carbonyl (C=O) groups is 1. The second-order valence-corrected chi connectivity index (χ2v) is 4.03. The molecular weight excluding hydrogens is 257 g/mol. The number of carbonyl (C=O) groups excluding carboxylic acids is 1. The third-order valence-corrected chi connectivity index (χ3v) is 2.65. The van der Waals surface area contributed by atoms with Crippen LogP contribution in [-0.2, 0) is 13.2 Å². The molecule has 1 N–H and O–H groups in total. The van der Waals surface area contributed by atoms with Crippen LogP contribution in [0.15, 0.2) is 42.6 Å². The van der Waals surface area contributed by atoms with Crippen LogP contribution in [0, 0.1) is 0 Å². The van der Waals surface area contributed by atoms with Crippen LogP contribution >= 0.6 is 0 Å². The first-order chi connectivity index (χ1) is 8.88. The number of alkyl halides is 3. The van der Waals surface area contributed by atoms with Crippen molar-refractivity contribution in [1.82, 2.24) is 4.57 Å². The van der Waals surface area contributed by atoms with E-state index in [9.17, 15) is 18.0 Å². The molecule has 0 saturated heterocycles. The van der Waals surface area contributed by atoms with Gasteiger partial charge in [0.25, 0.3) is 5.91 Å². The van der Waals surface area contributed by atoms with Crippen molar-refractivity contribution in [2.75, 3.05) is 5.32 Å². The summed E-state index contributed by atoms with van der Waals surface area (Å²) in [4.78, 5) is 11.8. The van der Waals surface area contributed by atoms with E-state index in [0.29, 0.717) is 11.4 Å². The molecule has 1 amide bonds. The van der Waals surface area contributed by atoms with Crippen molar-refractivity contribution in [3.8, 4) is 0 Å². The van der Waals surface area contributed by atoms with E-state index in [2.05, 4.69) is 5.32 Å². The summed E-state index contributed by atoms with van der Waals surface area (Å²) >= 11 is 0. The molecule has 0 spiro atoms. The second-order valence-electron chi connectivity index (χ2n) is 4.03. The molecule has 0 fully saturated rings. The van der Waals surface area contributed by atoms with Crippen molar-refractivity contribution >= 4 is 11.6 Å². The molecule has 0 atom stereocenters. The maximum Gasteiger partial charge on any atom is 0.416 e. The molecule has 3 nitrogen and oxygen atoms in total. The molecule has 0 radical (unpaired) electrons. The summed E-state index contributed by atoms with van der Waals surface area (Å²) in [6.45, 7) is 0. The van der Waals surface area contributed by atoms with Crippen LogP contribution in [0.1, 0.15) is 16.1 Å². The van der Waals surface area contributed by atoms with Crippen LogP contribution in [0.25, 0.3) is 0 Å². The van der Waals surface area contributed by atoms with Gasteiger partial charge in [-0.05, 0) is 36.4 Å². The predicted octanol–water partition coefficient (Wildman–Crippen LogP) is 3.30. The molecule has 0 aliphatic heterocycles. The van der Waals surface area contributed by atoms with E-state index in [1.165, 1.54) is 12.1 Å². The zero-order valence-corrected chi connectivity index (χ0v) is 10.0. The van der Waals surface area contributed by atoms with Crippen molar-refractivity contribution in [3.63, 3.8) is 0 Å². The van der Waals surface area contributed by atoms with E-state index in [-0.39, 0.29) is 5.91 Å². The molecular formula is C13H11F3N2O. The fraction of sp³-hybridized carbons (Fsp3) is 0.154. The SMILES string of the molecule is Cn1cccc1C(=O)Nc1ccc(C(F)(F)F)cc1. The Hall–Kier alpha value is -2.24. The van der Waals surface area contributed by atoms with E-state index in [0.717, 1.165) is 12.1 Å². The lowest BCUT2D eigenvalue weighted by Crippen LogP contribution is -2.15. The summed E-state index contributed by atoms with van der Waals surface area (Å²) in [5.74, 6) is -0.368. The van der Waals surface area contributed by atoms with Crippen LogP contribution in [-0.4, -0.2) is 10.5 Å². The van der Waals surface area contributed by atoms with Gasteiger partial charge >= 0.3 is 6.18 Å². The highest BCUT2D eigenvalue weighted by Gasteiger charge is 2.29. The molecule has 1 heterocycles. The molecule has 0 saturated carbocycles. The standard InChI is InChI=1S/C13H11F3N2O/c1-18-8-2-3-11(18)12(19)17-10-6-4-9(5-7-10)13(14,15)16/h2-8H,1H3,(H,17,19). The Morgan fingerprint density at radius 1 is 1.16 bits per heavy atom. The number of amides is 1. The number of hydrogen-bond donors (Lipinski definition) is 1. The second kappa shape index (κ2) is 4.79. The fourth-order valence-electron chi connectivity index (χ4n) is 1.63. The topological polar surface area (TPSA) is 34.0 Å². The molecule has 2 rings (SSSR count). The van der Waals surface area contributed by atoms with Gasteiger partial charge in [-0.3, -0.25) is 4.79 Å². The minimum Gasteiger partial charge on any atom is -0.347 e. The average molecular weight is 268 g/mol. The lowest BCUT2D eigenvalue weighted by atomic mass is 10.2. The largest absolute Gasteiger partial charge is 0.416 e. The number of halogens is 3. The monoisotopic (exact) mass is 268 g/mol. The third kappa shape index (κ3) is 2.96. The summed E-state index contributed by atoms with van der Waals surface area (Å²) in [5.41, 5.74) is 0.00321. The number of aryl methyl sites for hydroxylation is 1. The maximum atomic E-state index is 12.4. The number of benzene rings is 1. The molecule has 100 valence electrons. The van der Waals surface area contributed by atoms with Gasteiger partial charge in [0.05, 0.1) is 5.56 Å². The normalized spacial score (nSPS) is 11.4. The lowest BCUT2D eigenvalue weighted by molar-refractivity contribution is -0.137. The zero-order valence-electron chi connectivity index (χ0n) is 10.0. The van der Waals surface area contributed by atoms with Crippen LogP contribution in [0.4, 0.5) is 18.9 Å². The Kier molecular flexibility index (Phi) is 3.33. The number of hydrogen-bond acceptors (Lipinski definition) is 1. The van der Waals surface area contributed by atoms with Gasteiger partial charge in [-0.25, -0.2) is 0 Å². The average Bonchev–Trinajstić information content (AvgIpc) is 2.75. The Balaban J connectivity index is 2.12. The predicted molar refractivity (Wildman–Crippen MR) is 64.8 cm³/mol. The Morgan fingerprint density at radius 3 is 2.26 bits per heavy atom. The van der Waals surface area contributed by atoms with E-state index >= 15 is 0 Å². The Labute approximate surface area is 107 Å². The van der Waals surface area contributed by atoms with Gasteiger partial charge in [0.2, 0.25) is 0 Å². The first-order valence-corrected chi connectivity index (χ1v) is 5.48. The maximum absolute atomic E-state index is 12.4. The summed E-state index contributed by atoms with van der Waals surface area (Å²) in [6, 6.07) is 7.65. The highest BCUT2D eigenvalue weighted by molar-refractivity contribution is 6.03. The van der Waals surface area contributed by atoms with Gasteiger partial charge in [0.1, 0.15) is 5.69 Å². The van der Waals surface area contributed by atoms with Crippen LogP contribution in [0.3, 0.4) is 0 Å². The van der Waals surface area contributed by atoms with Crippen molar-refractivity contribution in [2.24, 2.45) is 7.05 Å². The highest BCUT2D eigenvalue weighted by atomic mass is 19.4. The Morgan fingerprint density at radius 2 is 1.79 bits per heavy atom. The quantitative estimate of drug-likeness (QED) is 0.890. The van der Waals surface area contributed by atoms with Crippen molar-refractivity contribution < 1.29 is 18.0 Å². The summed E-state index contributed by atoms with van der Waals surface area (Å²) < 4.78 is 38.7. The van der Waals surface area contributed by atoms with Gasteiger partial charge in [-0.1, -0.05) is 0 Å². The van der Waals surface area contributed by atoms with E-state index in [1.54, 1.807) is 29.9 Å². The minimum atomic E-state index is -4.37. The summed E-state index contributed by atoms with van der Waals surface area (Å²) in [7, 11) is 1.71. The van der Waals surface area contributed by atoms with Crippen molar-refractivity contribution in [3.05, 3.63) is 53.9 Å². The van der Waals surface area contributed by atoms with E-state index in [4.69, 9.17) is 0 Å². The number of rotatable bonds is 2. The molecule has 0 unspecified atom stereocenters. The first kappa shape index (κ1) is 13.2. The Bertz CT molecular complexity index is 585. The highest BCUT2D eigenvalue weighted by Crippen LogP contribution is 2.29. The first-order valence-electron chi connectivity index (χ1n) is 5.48. The van der Waals surface area contributed by atoms with Gasteiger partial charge in [0, 0.05) is 18.9 Å². The molecule has 19 heavy (non-hydrogen) atoms. The van der Waals surface area contributed by atoms with Crippen LogP contribution in [0.5, 0.6) is 0 Å². The fourth-order valence-corrected chi connectivity index (χ4v) is 1.63. The van der Waals surface area contributed by atoms with Gasteiger partial charge < -0.3 is 9.88 Å². The molecule has 0 bridgehead atoms. The van der Waals surface area contributed by atoms with Crippen LogP contribution in [0.2, 0.25) is 0 Å². The molecule has 6 heteroatoms. The van der Waals surface area contributed by atoms with Crippen LogP contribution < -0.4 is 5.32 Å². The third-order valence-electron chi connectivity index (χ3n) is 2.65. The van der Waals surface area contributed by atoms with E-state index < -0.39 is 11.7 Å². The molecule has 1 aromatic heterocycles. The van der Waals surface area contributed by atoms with Crippen molar-refractivity contribution in [1.29, 1.82) is 0 Å². The molecule has 0 aliphatic carbocycles. The number of nitrogens with one attached hydrogen (secondary N) is 1. The summed E-state index contributed by atoms with van der Waals surface area (Å²) in [6.07, 6.45) is -2.66. The minimum absolute atomic E-state index is 0.319. The molecule has 0 aliphatic rings. The van der Waals surface area contributed by atoms with Crippen molar-refractivity contribution in [2.45, 2.75) is 6.18 Å². The number of aromatic nitrogens is 1. The molecule has 1 aromatic carbocycles. The number of nitrogens with zero attached hydrogens (tertiary/aromatic N) is 1. The summed E-state index contributed by atoms with van der Waals surface area (Å²) in [5, 5.41) is 2.54. The lowest BCUT2D eigenvalue weighted by Gasteiger charge is -2.09. The van der Waals surface area contributed by atoms with Gasteiger partial charge in [-0.2, -0.15) is 13.2 Å². The molecule has 2 aromatic rings.